The van der Waals surface area contributed by atoms with E-state index in [1.165, 1.54) is 44.5 Å². The number of nitrogens with two attached hydrogens (primary N) is 4. The standard InChI is InChI=1S/C21H31NO3.4C19H27NO3/c1-21-8-7-16-15-4-3-14(23)10-17(15)13(11-22-12-25-2)9-18(16)19(21)5-6-20(21)24;4*1-19-7-6-14-13-3-2-12(21)9-15(13)11(10-23-20)8-16(14)17(19)4-5-18(19)22/h3-4,10,13,16,18-20,22-24H,5-9,11-12H2,1-2H3;2*2-3,9,11,14,16-18,21-22H,4-8,10,20H2,1H3;2*2-3,9,11,13-14,16-18,22H,4-8,10,20H2,1H3/t13-,16+,18+,19-,20-,21-;11-,14+,16+,17-,18-,19-;11-,14-,16-,17+,18+,19+;11-,13?,14+,16+,17-,18-,19-;11-,13?,14-,16-,17+,18+,19+/m00101/s1. The molecule has 642 valence electrons. The third-order valence-corrected chi connectivity index (χ3v) is 36.6. The first-order valence-corrected chi connectivity index (χ1v) is 45.4. The van der Waals surface area contributed by atoms with Gasteiger partial charge in [0.15, 0.2) is 11.6 Å². The van der Waals surface area contributed by atoms with E-state index in [1.807, 2.05) is 36.4 Å². The molecule has 17 aliphatic carbocycles. The van der Waals surface area contributed by atoms with Crippen LogP contribution in [0.15, 0.2) is 102 Å². The van der Waals surface area contributed by atoms with Gasteiger partial charge in [0, 0.05) is 49.2 Å². The molecule has 0 heterocycles. The van der Waals surface area contributed by atoms with Crippen LogP contribution in [0.1, 0.15) is 264 Å². The number of methoxy groups -OCH3 is 1. The molecule has 0 aromatic heterocycles. The Hall–Kier alpha value is -5.24. The summed E-state index contributed by atoms with van der Waals surface area (Å²) in [6.45, 7) is 14.8. The van der Waals surface area contributed by atoms with Gasteiger partial charge in [-0.1, -0.05) is 76.1 Å². The van der Waals surface area contributed by atoms with Gasteiger partial charge in [-0.15, -0.1) is 0 Å². The number of ether oxygens (including phenoxy) is 1. The molecule has 20 nitrogen and oxygen atoms in total. The van der Waals surface area contributed by atoms with Gasteiger partial charge in [0.1, 0.15) is 17.2 Å². The number of rotatable bonds is 12. The summed E-state index contributed by atoms with van der Waals surface area (Å²) in [7, 11) is 1.70. The average molecular weight is 1620 g/mol. The number of aliphatic hydroxyl groups excluding tert-OH is 5. The maximum absolute atomic E-state index is 11.8. The molecule has 0 amide bonds. The summed E-state index contributed by atoms with van der Waals surface area (Å²) in [5, 5.41) is 85.8. The number of aliphatic hydroxyl groups is 5. The number of nitrogens with one attached hydrogen (secondary N) is 1. The first-order chi connectivity index (χ1) is 56.2. The van der Waals surface area contributed by atoms with Crippen LogP contribution in [-0.2, 0) is 33.7 Å². The molecular formula is C97H139N5O15. The van der Waals surface area contributed by atoms with E-state index in [0.29, 0.717) is 157 Å². The van der Waals surface area contributed by atoms with Crippen LogP contribution in [0, 0.1) is 122 Å². The summed E-state index contributed by atoms with van der Waals surface area (Å²) < 4.78 is 5.16. The van der Waals surface area contributed by atoms with Crippen molar-refractivity contribution in [2.45, 2.75) is 261 Å². The molecule has 0 bridgehead atoms. The van der Waals surface area contributed by atoms with Crippen molar-refractivity contribution in [2.24, 2.45) is 145 Å². The van der Waals surface area contributed by atoms with Crippen molar-refractivity contribution >= 4 is 11.6 Å². The minimum atomic E-state index is -0.155. The molecule has 32 atom stereocenters. The number of phenols is 3. The Bertz CT molecular complexity index is 3980. The summed E-state index contributed by atoms with van der Waals surface area (Å²) in [6.07, 6.45) is 37.5. The van der Waals surface area contributed by atoms with Crippen molar-refractivity contribution in [3.63, 3.8) is 0 Å². The zero-order chi connectivity index (χ0) is 82.4. The Balaban J connectivity index is 0.000000110. The topological polar surface area (TPSA) is 358 Å². The van der Waals surface area contributed by atoms with Crippen LogP contribution in [-0.4, -0.2) is 130 Å². The molecule has 0 aliphatic heterocycles. The maximum atomic E-state index is 11.8. The Morgan fingerprint density at radius 3 is 0.983 bits per heavy atom. The summed E-state index contributed by atoms with van der Waals surface area (Å²) in [6, 6.07) is 17.6. The molecule has 0 radical (unpaired) electrons. The average Bonchev–Trinajstić information content (AvgIpc) is 1.72. The normalized spacial score (nSPS) is 44.0. The zero-order valence-electron chi connectivity index (χ0n) is 70.4. The molecular weight excluding hydrogens is 1480 g/mol. The Labute approximate surface area is 694 Å². The van der Waals surface area contributed by atoms with Gasteiger partial charge in [-0.2, -0.15) is 0 Å². The van der Waals surface area contributed by atoms with Crippen molar-refractivity contribution in [3.8, 4) is 17.2 Å². The zero-order valence-corrected chi connectivity index (χ0v) is 70.4. The molecule has 117 heavy (non-hydrogen) atoms. The fraction of sp³-hybridized carbons (Fsp3) is 0.711. The van der Waals surface area contributed by atoms with Gasteiger partial charge in [-0.05, 0) is 376 Å². The first kappa shape index (κ1) is 85.3. The number of ketones is 2. The quantitative estimate of drug-likeness (QED) is 0.0455. The number of carbonyl (C=O) groups is 2. The largest absolute Gasteiger partial charge is 0.508 e. The van der Waals surface area contributed by atoms with Gasteiger partial charge < -0.3 is 64.9 Å². The lowest BCUT2D eigenvalue weighted by atomic mass is 9.51. The minimum absolute atomic E-state index is 0.0731. The van der Waals surface area contributed by atoms with Gasteiger partial charge in [-0.25, -0.2) is 23.6 Å². The Morgan fingerprint density at radius 1 is 0.368 bits per heavy atom. The molecule has 17 aliphatic rings. The van der Waals surface area contributed by atoms with Crippen molar-refractivity contribution in [3.05, 3.63) is 136 Å². The smallest absolute Gasteiger partial charge is 0.178 e. The predicted molar refractivity (Wildman–Crippen MR) is 447 cm³/mol. The number of allylic oxidation sites excluding steroid dienone is 6. The van der Waals surface area contributed by atoms with Crippen molar-refractivity contribution in [1.29, 1.82) is 0 Å². The van der Waals surface area contributed by atoms with Crippen LogP contribution < -0.4 is 28.9 Å². The highest BCUT2D eigenvalue weighted by Gasteiger charge is 2.62. The van der Waals surface area contributed by atoms with Crippen LogP contribution in [0.3, 0.4) is 0 Å². The minimum Gasteiger partial charge on any atom is -0.508 e. The third kappa shape index (κ3) is 15.4. The number of benzene rings is 3. The van der Waals surface area contributed by atoms with Crippen LogP contribution in [0.4, 0.5) is 0 Å². The fourth-order valence-corrected chi connectivity index (χ4v) is 30.6. The number of aromatic hydroxyl groups is 3. The van der Waals surface area contributed by atoms with E-state index in [1.54, 1.807) is 31.4 Å². The SMILES string of the molecule is COCNC[C@@H]1C[C@@H]2[C@H](CC[C@]3(C)[C@@H](O)CC[C@@H]23)c2ccc(O)cc21.C[C@]12CC[C@@H]3C4C=CC(=O)C=C4[C@@H](CON)C[C@H]3[C@@H]1CC[C@@H]2O.C[C@]12CC[C@@H]3C4C=CC(=O)C=C4[C@H](CON)C[C@H]3[C@@H]1CC[C@@H]2O.C[C@]12CC[C@@H]3c4ccc(O)cc4[C@@H](CON)C[C@H]3[C@@H]1CC[C@@H]2O.C[C@]12CC[C@@H]3c4ccc(O)cc4[C@H](CON)C[C@H]3[C@@H]1CC[C@@H]2O. The van der Waals surface area contributed by atoms with Gasteiger partial charge in [0.05, 0.1) is 63.7 Å². The van der Waals surface area contributed by atoms with Gasteiger partial charge >= 0.3 is 0 Å². The summed E-state index contributed by atoms with van der Waals surface area (Å²) >= 11 is 0. The molecule has 12 saturated carbocycles. The van der Waals surface area contributed by atoms with Crippen molar-refractivity contribution in [1.82, 2.24) is 5.32 Å². The number of hydrogen-bond donors (Lipinski definition) is 13. The lowest BCUT2D eigenvalue weighted by Gasteiger charge is -2.54. The highest BCUT2D eigenvalue weighted by molar-refractivity contribution is 6.01. The van der Waals surface area contributed by atoms with Crippen molar-refractivity contribution in [2.75, 3.05) is 46.8 Å². The molecule has 0 spiro atoms. The van der Waals surface area contributed by atoms with E-state index in [9.17, 15) is 50.4 Å². The number of carbonyl (C=O) groups excluding carboxylic acids is 2. The second-order valence-corrected chi connectivity index (χ2v) is 41.4. The molecule has 12 fully saturated rings. The second kappa shape index (κ2) is 34.5. The predicted octanol–water partition coefficient (Wildman–Crippen LogP) is 14.2. The van der Waals surface area contributed by atoms with E-state index >= 15 is 0 Å². The van der Waals surface area contributed by atoms with Gasteiger partial charge in [-0.3, -0.25) is 14.9 Å². The third-order valence-electron chi connectivity index (χ3n) is 36.6. The molecule has 0 saturated heterocycles. The van der Waals surface area contributed by atoms with E-state index in [-0.39, 0.29) is 92.8 Å². The van der Waals surface area contributed by atoms with Crippen molar-refractivity contribution < 1.29 is 74.5 Å². The number of phenolic OH excluding ortho intramolecular Hbond substituents is 3. The number of hydrogen-bond acceptors (Lipinski definition) is 20. The lowest BCUT2D eigenvalue weighted by molar-refractivity contribution is -0.111. The summed E-state index contributed by atoms with van der Waals surface area (Å²) in [4.78, 5) is 43.6. The second-order valence-electron chi connectivity index (χ2n) is 41.4. The van der Waals surface area contributed by atoms with E-state index in [2.05, 4.69) is 70.3 Å². The maximum Gasteiger partial charge on any atom is 0.178 e. The van der Waals surface area contributed by atoms with Crippen LogP contribution in [0.2, 0.25) is 0 Å². The highest BCUT2D eigenvalue weighted by atomic mass is 16.6. The molecule has 17 N–H and O–H groups in total. The van der Waals surface area contributed by atoms with Gasteiger partial charge in [0.25, 0.3) is 0 Å². The monoisotopic (exact) mass is 1610 g/mol. The first-order valence-electron chi connectivity index (χ1n) is 45.4. The lowest BCUT2D eigenvalue weighted by Crippen LogP contribution is -2.49. The van der Waals surface area contributed by atoms with E-state index in [4.69, 9.17) is 47.7 Å². The van der Waals surface area contributed by atoms with Crippen LogP contribution in [0.5, 0.6) is 17.2 Å². The molecule has 2 unspecified atom stereocenters. The van der Waals surface area contributed by atoms with Crippen LogP contribution >= 0.6 is 0 Å². The van der Waals surface area contributed by atoms with E-state index < -0.39 is 0 Å². The molecule has 20 rings (SSSR count). The van der Waals surface area contributed by atoms with E-state index in [0.717, 1.165) is 167 Å². The Kier molecular flexibility index (Phi) is 25.1. The van der Waals surface area contributed by atoms with Crippen LogP contribution in [0.25, 0.3) is 0 Å². The molecule has 3 aromatic carbocycles. The highest BCUT2D eigenvalue weighted by Crippen LogP contribution is 2.69. The van der Waals surface area contributed by atoms with Gasteiger partial charge in [0.2, 0.25) is 0 Å². The number of fused-ring (bicyclic) bond motifs is 25. The Morgan fingerprint density at radius 2 is 0.658 bits per heavy atom. The fourth-order valence-electron chi connectivity index (χ4n) is 30.6. The summed E-state index contributed by atoms with van der Waals surface area (Å²) in [5.74, 6) is 33.6. The molecule has 3 aromatic rings. The summed E-state index contributed by atoms with van der Waals surface area (Å²) in [5.41, 5.74) is 10.7. The molecule has 20 heteroatoms.